The van der Waals surface area contributed by atoms with Crippen LogP contribution in [0.15, 0.2) is 24.3 Å². The Morgan fingerprint density at radius 2 is 1.73 bits per heavy atom. The Morgan fingerprint density at radius 1 is 1.13 bits per heavy atom. The summed E-state index contributed by atoms with van der Waals surface area (Å²) >= 11 is 5.82. The van der Waals surface area contributed by atoms with Crippen LogP contribution in [0.2, 0.25) is 24.7 Å². The Balaban J connectivity index is 2.23. The maximum absolute atomic E-state index is 5.82. The molecule has 3 heteroatoms. The average Bonchev–Trinajstić information content (AvgIpc) is 2.14. The van der Waals surface area contributed by atoms with Crippen molar-refractivity contribution in [2.45, 2.75) is 26.1 Å². The summed E-state index contributed by atoms with van der Waals surface area (Å²) in [5.74, 6) is 0. The molecule has 1 aromatic rings. The van der Waals surface area contributed by atoms with Crippen molar-refractivity contribution in [1.82, 2.24) is 5.32 Å². The van der Waals surface area contributed by atoms with Crippen LogP contribution in [0, 0.1) is 0 Å². The molecule has 0 heterocycles. The summed E-state index contributed by atoms with van der Waals surface area (Å²) in [5.41, 5.74) is 1.35. The molecule has 0 aliphatic carbocycles. The summed E-state index contributed by atoms with van der Waals surface area (Å²) in [7, 11) is -0.937. The van der Waals surface area contributed by atoms with Gasteiger partial charge in [0.1, 0.15) is 0 Å². The minimum absolute atomic E-state index is 0.814. The SMILES string of the molecule is C[Si](C)(C)CNCCc1ccc(Cl)cc1. The van der Waals surface area contributed by atoms with E-state index in [0.717, 1.165) is 18.0 Å². The van der Waals surface area contributed by atoms with Gasteiger partial charge in [0.15, 0.2) is 0 Å². The molecule has 15 heavy (non-hydrogen) atoms. The largest absolute Gasteiger partial charge is 0.319 e. The minimum Gasteiger partial charge on any atom is -0.319 e. The molecule has 1 N–H and O–H groups in total. The van der Waals surface area contributed by atoms with Crippen LogP contribution >= 0.6 is 11.6 Å². The standard InChI is InChI=1S/C12H20ClNSi/c1-15(2,3)10-14-9-8-11-4-6-12(13)7-5-11/h4-7,14H,8-10H2,1-3H3. The topological polar surface area (TPSA) is 12.0 Å². The molecule has 0 radical (unpaired) electrons. The van der Waals surface area contributed by atoms with Crippen molar-refractivity contribution in [2.24, 2.45) is 0 Å². The number of hydrogen-bond acceptors (Lipinski definition) is 1. The highest BCUT2D eigenvalue weighted by Gasteiger charge is 2.11. The average molecular weight is 242 g/mol. The summed E-state index contributed by atoms with van der Waals surface area (Å²) in [4.78, 5) is 0. The maximum atomic E-state index is 5.82. The van der Waals surface area contributed by atoms with Gasteiger partial charge in [-0.15, -0.1) is 0 Å². The van der Waals surface area contributed by atoms with Crippen LogP contribution in [0.4, 0.5) is 0 Å². The fourth-order valence-corrected chi connectivity index (χ4v) is 2.40. The van der Waals surface area contributed by atoms with Crippen LogP contribution in [0.3, 0.4) is 0 Å². The van der Waals surface area contributed by atoms with Gasteiger partial charge in [-0.25, -0.2) is 0 Å². The molecule has 0 saturated carbocycles. The molecular weight excluding hydrogens is 222 g/mol. The molecular formula is C12H20ClNSi. The molecule has 1 rings (SSSR count). The van der Waals surface area contributed by atoms with Crippen LogP contribution in [0.25, 0.3) is 0 Å². The van der Waals surface area contributed by atoms with Gasteiger partial charge in [-0.2, -0.15) is 0 Å². The van der Waals surface area contributed by atoms with Gasteiger partial charge in [-0.3, -0.25) is 0 Å². The lowest BCUT2D eigenvalue weighted by molar-refractivity contribution is 0.759. The van der Waals surface area contributed by atoms with E-state index in [0.29, 0.717) is 0 Å². The Bertz CT molecular complexity index is 289. The quantitative estimate of drug-likeness (QED) is 0.616. The molecule has 84 valence electrons. The van der Waals surface area contributed by atoms with Gasteiger partial charge in [-0.05, 0) is 36.8 Å². The van der Waals surface area contributed by atoms with Crippen LogP contribution < -0.4 is 5.32 Å². The molecule has 0 atom stereocenters. The van der Waals surface area contributed by atoms with Crippen molar-refractivity contribution in [3.8, 4) is 0 Å². The fraction of sp³-hybridized carbons (Fsp3) is 0.500. The molecule has 0 aliphatic heterocycles. The Hall–Kier alpha value is -0.313. The number of nitrogens with one attached hydrogen (secondary N) is 1. The van der Waals surface area contributed by atoms with Gasteiger partial charge in [0, 0.05) is 5.02 Å². The third-order valence-electron chi connectivity index (χ3n) is 2.16. The van der Waals surface area contributed by atoms with Gasteiger partial charge in [0.05, 0.1) is 8.07 Å². The first-order valence-corrected chi connectivity index (χ1v) is 9.51. The molecule has 0 amide bonds. The smallest absolute Gasteiger partial charge is 0.0595 e. The second kappa shape index (κ2) is 5.68. The normalized spacial score (nSPS) is 11.7. The summed E-state index contributed by atoms with van der Waals surface area (Å²) in [6.07, 6.45) is 2.28. The number of halogens is 1. The molecule has 0 unspecified atom stereocenters. The zero-order chi connectivity index (χ0) is 11.3. The predicted octanol–water partition coefficient (Wildman–Crippen LogP) is 3.35. The van der Waals surface area contributed by atoms with Crippen molar-refractivity contribution >= 4 is 19.7 Å². The third-order valence-corrected chi connectivity index (χ3v) is 3.72. The molecule has 0 saturated heterocycles. The van der Waals surface area contributed by atoms with Crippen molar-refractivity contribution < 1.29 is 0 Å². The number of rotatable bonds is 5. The number of hydrogen-bond donors (Lipinski definition) is 1. The molecule has 0 spiro atoms. The molecule has 0 bridgehead atoms. The zero-order valence-electron chi connectivity index (χ0n) is 9.81. The fourth-order valence-electron chi connectivity index (χ4n) is 1.35. The lowest BCUT2D eigenvalue weighted by Crippen LogP contribution is -2.37. The van der Waals surface area contributed by atoms with E-state index < -0.39 is 8.07 Å². The van der Waals surface area contributed by atoms with E-state index in [1.165, 1.54) is 11.7 Å². The first-order valence-electron chi connectivity index (χ1n) is 5.42. The van der Waals surface area contributed by atoms with Crippen molar-refractivity contribution in [2.75, 3.05) is 12.7 Å². The Kier molecular flexibility index (Phi) is 4.83. The lowest BCUT2D eigenvalue weighted by Gasteiger charge is -2.16. The Morgan fingerprint density at radius 3 is 2.27 bits per heavy atom. The molecule has 0 aliphatic rings. The predicted molar refractivity (Wildman–Crippen MR) is 71.4 cm³/mol. The number of benzene rings is 1. The second-order valence-corrected chi connectivity index (χ2v) is 11.0. The molecule has 1 nitrogen and oxygen atoms in total. The highest BCUT2D eigenvalue weighted by atomic mass is 35.5. The van der Waals surface area contributed by atoms with Crippen LogP contribution in [0.1, 0.15) is 5.56 Å². The molecule has 0 aromatic heterocycles. The summed E-state index contributed by atoms with van der Waals surface area (Å²) in [6, 6.07) is 8.10. The zero-order valence-corrected chi connectivity index (χ0v) is 11.6. The van der Waals surface area contributed by atoms with E-state index in [4.69, 9.17) is 11.6 Å². The second-order valence-electron chi connectivity index (χ2n) is 5.11. The van der Waals surface area contributed by atoms with Gasteiger partial charge in [-0.1, -0.05) is 43.4 Å². The van der Waals surface area contributed by atoms with Crippen molar-refractivity contribution in [1.29, 1.82) is 0 Å². The van der Waals surface area contributed by atoms with E-state index in [9.17, 15) is 0 Å². The molecule has 0 fully saturated rings. The highest BCUT2D eigenvalue weighted by molar-refractivity contribution is 6.76. The first kappa shape index (κ1) is 12.8. The summed E-state index contributed by atoms with van der Waals surface area (Å²) < 4.78 is 0. The van der Waals surface area contributed by atoms with Gasteiger partial charge in [0.2, 0.25) is 0 Å². The minimum atomic E-state index is -0.937. The van der Waals surface area contributed by atoms with Gasteiger partial charge >= 0.3 is 0 Å². The summed E-state index contributed by atoms with van der Waals surface area (Å²) in [6.45, 7) is 8.19. The van der Waals surface area contributed by atoms with Crippen LogP contribution in [-0.4, -0.2) is 20.8 Å². The van der Waals surface area contributed by atoms with E-state index in [1.807, 2.05) is 12.1 Å². The first-order chi connectivity index (χ1) is 6.97. The highest BCUT2D eigenvalue weighted by Crippen LogP contribution is 2.09. The van der Waals surface area contributed by atoms with Gasteiger partial charge < -0.3 is 5.32 Å². The van der Waals surface area contributed by atoms with Crippen LogP contribution in [-0.2, 0) is 6.42 Å². The third kappa shape index (κ3) is 5.98. The van der Waals surface area contributed by atoms with E-state index in [-0.39, 0.29) is 0 Å². The van der Waals surface area contributed by atoms with E-state index in [2.05, 4.69) is 37.1 Å². The maximum Gasteiger partial charge on any atom is 0.0595 e. The van der Waals surface area contributed by atoms with E-state index in [1.54, 1.807) is 0 Å². The molecule has 1 aromatic carbocycles. The van der Waals surface area contributed by atoms with E-state index >= 15 is 0 Å². The lowest BCUT2D eigenvalue weighted by atomic mass is 10.1. The van der Waals surface area contributed by atoms with Crippen molar-refractivity contribution in [3.63, 3.8) is 0 Å². The van der Waals surface area contributed by atoms with Gasteiger partial charge in [0.25, 0.3) is 0 Å². The Labute approximate surface area is 98.9 Å². The summed E-state index contributed by atoms with van der Waals surface area (Å²) in [5, 5.41) is 4.33. The van der Waals surface area contributed by atoms with Crippen molar-refractivity contribution in [3.05, 3.63) is 34.9 Å². The monoisotopic (exact) mass is 241 g/mol. The van der Waals surface area contributed by atoms with Crippen LogP contribution in [0.5, 0.6) is 0 Å².